The maximum atomic E-state index is 12.6. The van der Waals surface area contributed by atoms with E-state index in [0.717, 1.165) is 18.4 Å². The molecule has 2 atom stereocenters. The summed E-state index contributed by atoms with van der Waals surface area (Å²) in [5.41, 5.74) is 2.35. The molecule has 1 saturated heterocycles. The number of amides is 2. The van der Waals surface area contributed by atoms with Crippen LogP contribution in [0.15, 0.2) is 24.3 Å². The highest BCUT2D eigenvalue weighted by Crippen LogP contribution is 2.29. The number of morpholine rings is 1. The molecule has 25 heavy (non-hydrogen) atoms. The van der Waals surface area contributed by atoms with Crippen LogP contribution in [0.3, 0.4) is 0 Å². The van der Waals surface area contributed by atoms with Crippen LogP contribution in [0.4, 0.5) is 0 Å². The van der Waals surface area contributed by atoms with E-state index in [1.165, 1.54) is 5.56 Å². The van der Waals surface area contributed by atoms with Gasteiger partial charge in [-0.1, -0.05) is 24.3 Å². The smallest absolute Gasteiger partial charge is 0.223 e. The number of rotatable bonds is 6. The lowest BCUT2D eigenvalue weighted by Crippen LogP contribution is -2.48. The SMILES string of the molecule is Cc1ccccc1[C@@H]1CN(C(=O)CCCNC(=O)C2CC2)[C@H](C)CO1. The molecule has 0 bridgehead atoms. The second-order valence-electron chi connectivity index (χ2n) is 7.24. The highest BCUT2D eigenvalue weighted by Gasteiger charge is 2.31. The van der Waals surface area contributed by atoms with E-state index in [4.69, 9.17) is 4.74 Å². The summed E-state index contributed by atoms with van der Waals surface area (Å²) < 4.78 is 5.98. The summed E-state index contributed by atoms with van der Waals surface area (Å²) >= 11 is 0. The summed E-state index contributed by atoms with van der Waals surface area (Å²) in [6, 6.07) is 8.27. The zero-order valence-electron chi connectivity index (χ0n) is 15.2. The molecular weight excluding hydrogens is 316 g/mol. The fourth-order valence-corrected chi connectivity index (χ4v) is 3.33. The molecule has 1 aliphatic carbocycles. The second-order valence-corrected chi connectivity index (χ2v) is 7.24. The van der Waals surface area contributed by atoms with Gasteiger partial charge in [0, 0.05) is 18.9 Å². The number of aryl methyl sites for hydroxylation is 1. The van der Waals surface area contributed by atoms with Crippen molar-refractivity contribution in [2.45, 2.75) is 51.7 Å². The summed E-state index contributed by atoms with van der Waals surface area (Å²) in [4.78, 5) is 26.2. The molecule has 0 spiro atoms. The highest BCUT2D eigenvalue weighted by molar-refractivity contribution is 5.81. The molecule has 2 amide bonds. The first kappa shape index (κ1) is 17.9. The van der Waals surface area contributed by atoms with Gasteiger partial charge in [0.25, 0.3) is 0 Å². The quantitative estimate of drug-likeness (QED) is 0.807. The van der Waals surface area contributed by atoms with Crippen molar-refractivity contribution in [3.05, 3.63) is 35.4 Å². The van der Waals surface area contributed by atoms with Crippen molar-refractivity contribution >= 4 is 11.8 Å². The van der Waals surface area contributed by atoms with Gasteiger partial charge in [-0.05, 0) is 44.2 Å². The number of hydrogen-bond donors (Lipinski definition) is 1. The van der Waals surface area contributed by atoms with Gasteiger partial charge in [0.15, 0.2) is 0 Å². The van der Waals surface area contributed by atoms with Crippen LogP contribution in [0, 0.1) is 12.8 Å². The Hall–Kier alpha value is -1.88. The molecule has 5 nitrogen and oxygen atoms in total. The molecule has 2 aliphatic rings. The number of benzene rings is 1. The average molecular weight is 344 g/mol. The Morgan fingerprint density at radius 3 is 2.76 bits per heavy atom. The largest absolute Gasteiger partial charge is 0.370 e. The fourth-order valence-electron chi connectivity index (χ4n) is 3.33. The Morgan fingerprint density at radius 2 is 2.04 bits per heavy atom. The van der Waals surface area contributed by atoms with Crippen LogP contribution in [-0.2, 0) is 14.3 Å². The maximum absolute atomic E-state index is 12.6. The molecular formula is C20H28N2O3. The number of nitrogens with one attached hydrogen (secondary N) is 1. The summed E-state index contributed by atoms with van der Waals surface area (Å²) in [6.07, 6.45) is 3.12. The third kappa shape index (κ3) is 4.60. The molecule has 1 saturated carbocycles. The third-order valence-corrected chi connectivity index (χ3v) is 5.10. The maximum Gasteiger partial charge on any atom is 0.223 e. The lowest BCUT2D eigenvalue weighted by molar-refractivity contribution is -0.144. The Morgan fingerprint density at radius 1 is 1.28 bits per heavy atom. The van der Waals surface area contributed by atoms with Gasteiger partial charge < -0.3 is 15.0 Å². The van der Waals surface area contributed by atoms with Crippen molar-refractivity contribution < 1.29 is 14.3 Å². The first-order valence-corrected chi connectivity index (χ1v) is 9.30. The van der Waals surface area contributed by atoms with Gasteiger partial charge in [0.1, 0.15) is 6.10 Å². The van der Waals surface area contributed by atoms with E-state index < -0.39 is 0 Å². The van der Waals surface area contributed by atoms with Crippen LogP contribution < -0.4 is 5.32 Å². The monoisotopic (exact) mass is 344 g/mol. The predicted molar refractivity (Wildman–Crippen MR) is 96.0 cm³/mol. The summed E-state index contributed by atoms with van der Waals surface area (Å²) in [5.74, 6) is 0.520. The zero-order chi connectivity index (χ0) is 17.8. The van der Waals surface area contributed by atoms with Crippen LogP contribution in [0.25, 0.3) is 0 Å². The van der Waals surface area contributed by atoms with Crippen LogP contribution in [0.1, 0.15) is 49.8 Å². The van der Waals surface area contributed by atoms with Crippen molar-refractivity contribution in [3.63, 3.8) is 0 Å². The molecule has 3 rings (SSSR count). The van der Waals surface area contributed by atoms with E-state index in [1.54, 1.807) is 0 Å². The number of carbonyl (C=O) groups is 2. The van der Waals surface area contributed by atoms with Crippen molar-refractivity contribution in [1.29, 1.82) is 0 Å². The number of carbonyl (C=O) groups excluding carboxylic acids is 2. The molecule has 1 heterocycles. The topological polar surface area (TPSA) is 58.6 Å². The highest BCUT2D eigenvalue weighted by atomic mass is 16.5. The Labute approximate surface area is 149 Å². The van der Waals surface area contributed by atoms with Crippen LogP contribution >= 0.6 is 0 Å². The van der Waals surface area contributed by atoms with E-state index >= 15 is 0 Å². The van der Waals surface area contributed by atoms with Crippen LogP contribution in [0.2, 0.25) is 0 Å². The fraction of sp³-hybridized carbons (Fsp3) is 0.600. The van der Waals surface area contributed by atoms with Gasteiger partial charge in [0.2, 0.25) is 11.8 Å². The zero-order valence-corrected chi connectivity index (χ0v) is 15.2. The van der Waals surface area contributed by atoms with Gasteiger partial charge in [-0.2, -0.15) is 0 Å². The number of hydrogen-bond acceptors (Lipinski definition) is 3. The van der Waals surface area contributed by atoms with E-state index in [9.17, 15) is 9.59 Å². The molecule has 1 N–H and O–H groups in total. The van der Waals surface area contributed by atoms with Crippen molar-refractivity contribution in [3.8, 4) is 0 Å². The summed E-state index contributed by atoms with van der Waals surface area (Å²) in [6.45, 7) is 5.84. The van der Waals surface area contributed by atoms with Crippen molar-refractivity contribution in [1.82, 2.24) is 10.2 Å². The Kier molecular flexibility index (Phi) is 5.74. The van der Waals surface area contributed by atoms with Gasteiger partial charge in [-0.3, -0.25) is 9.59 Å². The van der Waals surface area contributed by atoms with Crippen molar-refractivity contribution in [2.24, 2.45) is 5.92 Å². The number of ether oxygens (including phenoxy) is 1. The Bertz CT molecular complexity index is 627. The molecule has 5 heteroatoms. The molecule has 1 aliphatic heterocycles. The minimum atomic E-state index is -0.0593. The average Bonchev–Trinajstić information content (AvgIpc) is 3.44. The van der Waals surface area contributed by atoms with E-state index in [2.05, 4.69) is 24.4 Å². The van der Waals surface area contributed by atoms with E-state index in [1.807, 2.05) is 24.0 Å². The van der Waals surface area contributed by atoms with Crippen LogP contribution in [-0.4, -0.2) is 42.5 Å². The predicted octanol–water partition coefficient (Wildman–Crippen LogP) is 2.59. The molecule has 0 radical (unpaired) electrons. The van der Waals surface area contributed by atoms with Crippen LogP contribution in [0.5, 0.6) is 0 Å². The number of nitrogens with zero attached hydrogens (tertiary/aromatic N) is 1. The molecule has 0 aromatic heterocycles. The van der Waals surface area contributed by atoms with Gasteiger partial charge in [-0.25, -0.2) is 0 Å². The molecule has 2 fully saturated rings. The molecule has 0 unspecified atom stereocenters. The summed E-state index contributed by atoms with van der Waals surface area (Å²) in [7, 11) is 0. The lowest BCUT2D eigenvalue weighted by Gasteiger charge is -2.38. The van der Waals surface area contributed by atoms with E-state index in [0.29, 0.717) is 32.5 Å². The first-order chi connectivity index (χ1) is 12.1. The third-order valence-electron chi connectivity index (χ3n) is 5.10. The van der Waals surface area contributed by atoms with E-state index in [-0.39, 0.29) is 29.9 Å². The second kappa shape index (κ2) is 8.00. The summed E-state index contributed by atoms with van der Waals surface area (Å²) in [5, 5.41) is 2.92. The first-order valence-electron chi connectivity index (χ1n) is 9.30. The van der Waals surface area contributed by atoms with Gasteiger partial charge in [-0.15, -0.1) is 0 Å². The Balaban J connectivity index is 1.50. The molecule has 136 valence electrons. The standard InChI is InChI=1S/C20H28N2O3/c1-14-6-3-4-7-17(14)18-12-22(15(2)13-25-18)19(23)8-5-11-21-20(24)16-9-10-16/h3-4,6-7,15-16,18H,5,8-13H2,1-2H3,(H,21,24)/t15-,18+/m1/s1. The molecule has 1 aromatic carbocycles. The minimum absolute atomic E-state index is 0.0593. The van der Waals surface area contributed by atoms with Gasteiger partial charge in [0.05, 0.1) is 19.2 Å². The molecule has 1 aromatic rings. The van der Waals surface area contributed by atoms with Crippen molar-refractivity contribution in [2.75, 3.05) is 19.7 Å². The minimum Gasteiger partial charge on any atom is -0.370 e. The lowest BCUT2D eigenvalue weighted by atomic mass is 10.0. The normalized spacial score (nSPS) is 23.4. The van der Waals surface area contributed by atoms with Gasteiger partial charge >= 0.3 is 0 Å².